The van der Waals surface area contributed by atoms with Gasteiger partial charge < -0.3 is 21.3 Å². The zero-order valence-corrected chi connectivity index (χ0v) is 20.8. The van der Waals surface area contributed by atoms with Gasteiger partial charge >= 0.3 is 0 Å². The summed E-state index contributed by atoms with van der Waals surface area (Å²) >= 11 is 0. The number of piperidine rings is 2. The quantitative estimate of drug-likeness (QED) is 0.301. The highest BCUT2D eigenvalue weighted by molar-refractivity contribution is 7.89. The molecule has 0 radical (unpaired) electrons. The van der Waals surface area contributed by atoms with Gasteiger partial charge in [-0.05, 0) is 77.5 Å². The summed E-state index contributed by atoms with van der Waals surface area (Å²) in [5.41, 5.74) is 10.5. The molecule has 2 saturated carbocycles. The molecule has 10 nitrogen and oxygen atoms in total. The van der Waals surface area contributed by atoms with Gasteiger partial charge in [-0.1, -0.05) is 0 Å². The second kappa shape index (κ2) is 11.9. The Morgan fingerprint density at radius 3 is 1.16 bits per heavy atom. The number of nitrogens with one attached hydrogen (secondary N) is 2. The van der Waals surface area contributed by atoms with Crippen LogP contribution in [0.25, 0.3) is 0 Å². The summed E-state index contributed by atoms with van der Waals surface area (Å²) < 4.78 is 51.6. The highest BCUT2D eigenvalue weighted by atomic mass is 32.2. The van der Waals surface area contributed by atoms with E-state index < -0.39 is 20.0 Å². The summed E-state index contributed by atoms with van der Waals surface area (Å²) in [5, 5.41) is 0. The lowest BCUT2D eigenvalue weighted by Crippen LogP contribution is -2.46. The van der Waals surface area contributed by atoms with Crippen molar-refractivity contribution in [3.05, 3.63) is 0 Å². The largest absolute Gasteiger partial charge is 0.329 e. The highest BCUT2D eigenvalue weighted by Crippen LogP contribution is 2.30. The van der Waals surface area contributed by atoms with Crippen molar-refractivity contribution in [2.45, 2.75) is 75.5 Å². The van der Waals surface area contributed by atoms with Crippen molar-refractivity contribution in [1.82, 2.24) is 19.2 Å². The smallest absolute Gasteiger partial charge is 0.213 e. The minimum Gasteiger partial charge on any atom is -0.329 e. The minimum atomic E-state index is -3.15. The lowest BCUT2D eigenvalue weighted by Gasteiger charge is -2.32. The number of nitrogens with two attached hydrogens (primary N) is 2. The molecule has 0 bridgehead atoms. The highest BCUT2D eigenvalue weighted by Gasteiger charge is 2.33. The summed E-state index contributed by atoms with van der Waals surface area (Å²) in [6, 6.07) is 1.82. The molecule has 188 valence electrons. The first-order valence-corrected chi connectivity index (χ1v) is 15.4. The van der Waals surface area contributed by atoms with E-state index in [4.69, 9.17) is 11.5 Å². The normalized spacial score (nSPS) is 24.8. The predicted octanol–water partition coefficient (Wildman–Crippen LogP) is -1.02. The van der Waals surface area contributed by atoms with Gasteiger partial charge in [0, 0.05) is 37.3 Å². The summed E-state index contributed by atoms with van der Waals surface area (Å²) in [5.74, 6) is 0.0751. The van der Waals surface area contributed by atoms with E-state index in [9.17, 15) is 16.8 Å². The van der Waals surface area contributed by atoms with Gasteiger partial charge in [0.15, 0.2) is 0 Å². The van der Waals surface area contributed by atoms with E-state index in [1.54, 1.807) is 0 Å². The second-order valence-corrected chi connectivity index (χ2v) is 13.3. The molecule has 0 aromatic carbocycles. The summed E-state index contributed by atoms with van der Waals surface area (Å²) in [7, 11) is -6.29. The van der Waals surface area contributed by atoms with E-state index in [1.807, 2.05) is 0 Å². The molecule has 4 aliphatic rings. The molecule has 12 heteroatoms. The molecule has 0 aromatic rings. The SMILES string of the molecule is NCCS(=O)(=O)NC1CCN(C2CC2)CC1.NCCS(=O)(=O)NC1CCN(C2CC2)CC1. The Morgan fingerprint density at radius 1 is 0.594 bits per heavy atom. The maximum absolute atomic E-state index is 11.5. The van der Waals surface area contributed by atoms with Gasteiger partial charge in [-0.25, -0.2) is 26.3 Å². The molecule has 0 spiro atoms. The lowest BCUT2D eigenvalue weighted by molar-refractivity contribution is 0.198. The fraction of sp³-hybridized carbons (Fsp3) is 1.00. The molecule has 2 aliphatic carbocycles. The first-order valence-electron chi connectivity index (χ1n) is 12.1. The van der Waals surface area contributed by atoms with Crippen LogP contribution in [0.5, 0.6) is 0 Å². The number of hydrogen-bond acceptors (Lipinski definition) is 8. The summed E-state index contributed by atoms with van der Waals surface area (Å²) in [6.07, 6.45) is 9.02. The van der Waals surface area contributed by atoms with Crippen LogP contribution in [0.15, 0.2) is 0 Å². The van der Waals surface area contributed by atoms with Crippen molar-refractivity contribution in [2.24, 2.45) is 11.5 Å². The van der Waals surface area contributed by atoms with Gasteiger partial charge in [-0.15, -0.1) is 0 Å². The standard InChI is InChI=1S/2C10H21N3O2S/c2*11-5-8-16(14,15)12-9-3-6-13(7-4-9)10-1-2-10/h2*9-10,12H,1-8,11H2. The monoisotopic (exact) mass is 494 g/mol. The van der Waals surface area contributed by atoms with Crippen LogP contribution < -0.4 is 20.9 Å². The minimum absolute atomic E-state index is 0.0375. The summed E-state index contributed by atoms with van der Waals surface area (Å²) in [4.78, 5) is 4.96. The van der Waals surface area contributed by atoms with Crippen molar-refractivity contribution < 1.29 is 16.8 Å². The Kier molecular flexibility index (Phi) is 9.75. The molecule has 2 saturated heterocycles. The van der Waals surface area contributed by atoms with Crippen molar-refractivity contribution in [3.63, 3.8) is 0 Å². The van der Waals surface area contributed by atoms with Crippen molar-refractivity contribution in [1.29, 1.82) is 0 Å². The molecule has 4 rings (SSSR count). The lowest BCUT2D eigenvalue weighted by atomic mass is 10.1. The van der Waals surface area contributed by atoms with E-state index in [2.05, 4.69) is 19.2 Å². The molecular weight excluding hydrogens is 452 g/mol. The Labute approximate surface area is 193 Å². The molecule has 0 unspecified atom stereocenters. The van der Waals surface area contributed by atoms with Gasteiger partial charge in [0.1, 0.15) is 0 Å². The van der Waals surface area contributed by atoms with Crippen LogP contribution in [0, 0.1) is 0 Å². The zero-order valence-electron chi connectivity index (χ0n) is 19.1. The third kappa shape index (κ3) is 9.13. The number of rotatable bonds is 10. The number of likely N-dealkylation sites (tertiary alicyclic amines) is 2. The Bertz CT molecular complexity index is 704. The predicted molar refractivity (Wildman–Crippen MR) is 127 cm³/mol. The van der Waals surface area contributed by atoms with Gasteiger partial charge in [0.25, 0.3) is 0 Å². The first kappa shape index (κ1) is 26.3. The van der Waals surface area contributed by atoms with Crippen molar-refractivity contribution >= 4 is 20.0 Å². The Balaban J connectivity index is 0.000000181. The molecule has 2 heterocycles. The molecule has 0 aromatic heterocycles. The van der Waals surface area contributed by atoms with E-state index in [0.29, 0.717) is 0 Å². The molecule has 0 atom stereocenters. The molecular formula is C20H42N6O4S2. The fourth-order valence-electron chi connectivity index (χ4n) is 4.58. The maximum atomic E-state index is 11.5. The van der Waals surface area contributed by atoms with Crippen LogP contribution in [-0.4, -0.2) is 102 Å². The molecule has 6 N–H and O–H groups in total. The third-order valence-electron chi connectivity index (χ3n) is 6.65. The van der Waals surface area contributed by atoms with E-state index in [-0.39, 0.29) is 36.7 Å². The van der Waals surface area contributed by atoms with Crippen LogP contribution in [0.4, 0.5) is 0 Å². The van der Waals surface area contributed by atoms with Crippen LogP contribution in [0.2, 0.25) is 0 Å². The number of nitrogens with zero attached hydrogens (tertiary/aromatic N) is 2. The van der Waals surface area contributed by atoms with Crippen LogP contribution in [0.1, 0.15) is 51.4 Å². The van der Waals surface area contributed by atoms with Crippen LogP contribution >= 0.6 is 0 Å². The number of sulfonamides is 2. The average Bonchev–Trinajstić information content (AvgIpc) is 3.62. The van der Waals surface area contributed by atoms with Crippen LogP contribution in [0.3, 0.4) is 0 Å². The molecule has 32 heavy (non-hydrogen) atoms. The van der Waals surface area contributed by atoms with Gasteiger partial charge in [-0.2, -0.15) is 0 Å². The molecule has 4 fully saturated rings. The Hall–Kier alpha value is -0.340. The Morgan fingerprint density at radius 2 is 0.906 bits per heavy atom. The summed E-state index contributed by atoms with van der Waals surface area (Å²) in [6.45, 7) is 4.49. The zero-order chi connectivity index (χ0) is 23.2. The van der Waals surface area contributed by atoms with E-state index >= 15 is 0 Å². The maximum Gasteiger partial charge on any atom is 0.213 e. The molecule has 0 amide bonds. The van der Waals surface area contributed by atoms with Gasteiger partial charge in [0.2, 0.25) is 20.0 Å². The van der Waals surface area contributed by atoms with E-state index in [0.717, 1.165) is 63.9 Å². The number of hydrogen-bond donors (Lipinski definition) is 4. The second-order valence-electron chi connectivity index (χ2n) is 9.53. The molecule has 2 aliphatic heterocycles. The van der Waals surface area contributed by atoms with Crippen molar-refractivity contribution in [3.8, 4) is 0 Å². The first-order chi connectivity index (χ1) is 15.2. The third-order valence-corrected chi connectivity index (χ3v) is 9.58. The van der Waals surface area contributed by atoms with Gasteiger partial charge in [0.05, 0.1) is 11.5 Å². The van der Waals surface area contributed by atoms with Crippen LogP contribution in [-0.2, 0) is 20.0 Å². The van der Waals surface area contributed by atoms with Gasteiger partial charge in [-0.3, -0.25) is 0 Å². The topological polar surface area (TPSA) is 151 Å². The fourth-order valence-corrected chi connectivity index (χ4v) is 6.92. The average molecular weight is 495 g/mol. The van der Waals surface area contributed by atoms with Crippen molar-refractivity contribution in [2.75, 3.05) is 50.8 Å². The van der Waals surface area contributed by atoms with E-state index in [1.165, 1.54) is 25.7 Å².